The fourth-order valence-electron chi connectivity index (χ4n) is 2.30. The molecule has 1 aliphatic heterocycles. The summed E-state index contributed by atoms with van der Waals surface area (Å²) in [5.74, 6) is 2.96. The van der Waals surface area contributed by atoms with Gasteiger partial charge in [-0.2, -0.15) is 0 Å². The van der Waals surface area contributed by atoms with Gasteiger partial charge in [-0.1, -0.05) is 12.1 Å². The number of nitrogens with zero attached hydrogens (tertiary/aromatic N) is 3. The Bertz CT molecular complexity index is 564. The molecule has 0 bridgehead atoms. The van der Waals surface area contributed by atoms with Crippen LogP contribution in [0.5, 0.6) is 5.75 Å². The Hall–Kier alpha value is -1.88. The van der Waals surface area contributed by atoms with E-state index >= 15 is 0 Å². The highest BCUT2D eigenvalue weighted by Crippen LogP contribution is 2.13. The van der Waals surface area contributed by atoms with E-state index in [0.29, 0.717) is 6.61 Å². The highest BCUT2D eigenvalue weighted by atomic mass is 16.5. The predicted molar refractivity (Wildman–Crippen MR) is 72.1 cm³/mol. The first kappa shape index (κ1) is 12.2. The van der Waals surface area contributed by atoms with Gasteiger partial charge in [-0.25, -0.2) is 0 Å². The quantitative estimate of drug-likeness (QED) is 0.898. The molecule has 0 spiro atoms. The smallest absolute Gasteiger partial charge is 0.147 e. The average molecular weight is 258 g/mol. The van der Waals surface area contributed by atoms with Crippen LogP contribution in [0.1, 0.15) is 17.2 Å². The Morgan fingerprint density at radius 1 is 1.37 bits per heavy atom. The molecule has 0 aliphatic carbocycles. The van der Waals surface area contributed by atoms with E-state index in [1.807, 2.05) is 18.2 Å². The van der Waals surface area contributed by atoms with E-state index in [0.717, 1.165) is 43.5 Å². The van der Waals surface area contributed by atoms with Crippen molar-refractivity contribution in [1.82, 2.24) is 20.1 Å². The molecule has 2 heterocycles. The molecule has 0 saturated heterocycles. The van der Waals surface area contributed by atoms with Gasteiger partial charge in [-0.05, 0) is 24.6 Å². The van der Waals surface area contributed by atoms with Crippen LogP contribution in [-0.4, -0.2) is 27.9 Å². The Balaban J connectivity index is 1.59. The second-order valence-electron chi connectivity index (χ2n) is 4.78. The van der Waals surface area contributed by atoms with Crippen LogP contribution < -0.4 is 10.1 Å². The molecule has 1 N–H and O–H groups in total. The van der Waals surface area contributed by atoms with Gasteiger partial charge in [0, 0.05) is 19.5 Å². The second-order valence-corrected chi connectivity index (χ2v) is 4.78. The number of ether oxygens (including phenoxy) is 1. The molecule has 5 nitrogen and oxygen atoms in total. The van der Waals surface area contributed by atoms with Crippen molar-refractivity contribution in [2.45, 2.75) is 26.4 Å². The Morgan fingerprint density at radius 2 is 2.32 bits per heavy atom. The maximum atomic E-state index is 5.75. The molecule has 0 atom stereocenters. The summed E-state index contributed by atoms with van der Waals surface area (Å²) in [5.41, 5.74) is 1.21. The summed E-state index contributed by atoms with van der Waals surface area (Å²) in [6.07, 6.45) is 0.793. The molecule has 0 radical (unpaired) electrons. The molecule has 0 amide bonds. The molecular formula is C14H18N4O. The molecular weight excluding hydrogens is 240 g/mol. The number of hydrogen-bond acceptors (Lipinski definition) is 4. The molecule has 19 heavy (non-hydrogen) atoms. The van der Waals surface area contributed by atoms with Crippen LogP contribution in [0, 0.1) is 6.92 Å². The molecule has 3 rings (SSSR count). The van der Waals surface area contributed by atoms with Gasteiger partial charge in [0.05, 0.1) is 13.2 Å². The summed E-state index contributed by atoms with van der Waals surface area (Å²) in [7, 11) is 0. The first-order valence-corrected chi connectivity index (χ1v) is 6.64. The summed E-state index contributed by atoms with van der Waals surface area (Å²) < 4.78 is 7.95. The minimum Gasteiger partial charge on any atom is -0.493 e. The van der Waals surface area contributed by atoms with E-state index < -0.39 is 0 Å². The standard InChI is InChI=1S/C14H18N4O/c1-11-3-2-4-12(9-11)19-8-5-13-16-17-14-10-15-6-7-18(13)14/h2-4,9,15H,5-8,10H2,1H3. The van der Waals surface area contributed by atoms with E-state index in [9.17, 15) is 0 Å². The molecule has 0 unspecified atom stereocenters. The molecule has 2 aromatic rings. The fourth-order valence-corrected chi connectivity index (χ4v) is 2.30. The number of rotatable bonds is 4. The van der Waals surface area contributed by atoms with Crippen molar-refractivity contribution in [1.29, 1.82) is 0 Å². The van der Waals surface area contributed by atoms with Gasteiger partial charge >= 0.3 is 0 Å². The summed E-state index contributed by atoms with van der Waals surface area (Å²) in [6.45, 7) is 5.44. The second kappa shape index (κ2) is 5.40. The van der Waals surface area contributed by atoms with Gasteiger partial charge in [-0.3, -0.25) is 0 Å². The zero-order chi connectivity index (χ0) is 13.1. The lowest BCUT2D eigenvalue weighted by Crippen LogP contribution is -2.29. The third-order valence-electron chi connectivity index (χ3n) is 3.28. The topological polar surface area (TPSA) is 52.0 Å². The zero-order valence-electron chi connectivity index (χ0n) is 11.1. The molecule has 100 valence electrons. The highest BCUT2D eigenvalue weighted by Gasteiger charge is 2.14. The van der Waals surface area contributed by atoms with Crippen LogP contribution in [0.15, 0.2) is 24.3 Å². The van der Waals surface area contributed by atoms with Crippen LogP contribution in [0.25, 0.3) is 0 Å². The number of aromatic nitrogens is 3. The van der Waals surface area contributed by atoms with E-state index in [2.05, 4.69) is 33.1 Å². The predicted octanol–water partition coefficient (Wildman–Crippen LogP) is 1.31. The lowest BCUT2D eigenvalue weighted by atomic mass is 10.2. The third-order valence-corrected chi connectivity index (χ3v) is 3.28. The number of hydrogen-bond donors (Lipinski definition) is 1. The van der Waals surface area contributed by atoms with Gasteiger partial charge in [0.15, 0.2) is 0 Å². The normalized spacial score (nSPS) is 14.2. The van der Waals surface area contributed by atoms with Crippen LogP contribution in [0.2, 0.25) is 0 Å². The Kier molecular flexibility index (Phi) is 3.46. The first-order chi connectivity index (χ1) is 9.33. The zero-order valence-corrected chi connectivity index (χ0v) is 11.1. The van der Waals surface area contributed by atoms with Gasteiger partial charge in [0.25, 0.3) is 0 Å². The first-order valence-electron chi connectivity index (χ1n) is 6.64. The average Bonchev–Trinajstić information content (AvgIpc) is 2.83. The monoisotopic (exact) mass is 258 g/mol. The SMILES string of the molecule is Cc1cccc(OCCc2nnc3n2CCNC3)c1. The van der Waals surface area contributed by atoms with Crippen LogP contribution >= 0.6 is 0 Å². The molecule has 1 aromatic carbocycles. The van der Waals surface area contributed by atoms with Crippen molar-refractivity contribution in [3.63, 3.8) is 0 Å². The van der Waals surface area contributed by atoms with Crippen molar-refractivity contribution in [2.24, 2.45) is 0 Å². The van der Waals surface area contributed by atoms with Crippen LogP contribution in [0.4, 0.5) is 0 Å². The van der Waals surface area contributed by atoms with Crippen molar-refractivity contribution in [3.8, 4) is 5.75 Å². The number of nitrogens with one attached hydrogen (secondary N) is 1. The fraction of sp³-hybridized carbons (Fsp3) is 0.429. The van der Waals surface area contributed by atoms with Gasteiger partial charge in [0.2, 0.25) is 0 Å². The summed E-state index contributed by atoms with van der Waals surface area (Å²) in [6, 6.07) is 8.10. The van der Waals surface area contributed by atoms with Gasteiger partial charge < -0.3 is 14.6 Å². The summed E-state index contributed by atoms with van der Waals surface area (Å²) in [5, 5.41) is 11.7. The van der Waals surface area contributed by atoms with Crippen LogP contribution in [-0.2, 0) is 19.5 Å². The lowest BCUT2D eigenvalue weighted by molar-refractivity contribution is 0.315. The molecule has 1 aromatic heterocycles. The number of aryl methyl sites for hydroxylation is 1. The van der Waals surface area contributed by atoms with E-state index in [4.69, 9.17) is 4.74 Å². The summed E-state index contributed by atoms with van der Waals surface area (Å²) in [4.78, 5) is 0. The molecule has 0 saturated carbocycles. The van der Waals surface area contributed by atoms with Crippen molar-refractivity contribution in [2.75, 3.05) is 13.2 Å². The third kappa shape index (κ3) is 2.76. The maximum absolute atomic E-state index is 5.75. The molecule has 0 fully saturated rings. The maximum Gasteiger partial charge on any atom is 0.147 e. The van der Waals surface area contributed by atoms with Crippen molar-refractivity contribution in [3.05, 3.63) is 41.5 Å². The van der Waals surface area contributed by atoms with Crippen LogP contribution in [0.3, 0.4) is 0 Å². The van der Waals surface area contributed by atoms with Crippen molar-refractivity contribution < 1.29 is 4.74 Å². The van der Waals surface area contributed by atoms with Gasteiger partial charge in [0.1, 0.15) is 17.4 Å². The highest BCUT2D eigenvalue weighted by molar-refractivity contribution is 5.27. The van der Waals surface area contributed by atoms with Crippen molar-refractivity contribution >= 4 is 0 Å². The van der Waals surface area contributed by atoms with E-state index in [1.165, 1.54) is 5.56 Å². The van der Waals surface area contributed by atoms with E-state index in [1.54, 1.807) is 0 Å². The Morgan fingerprint density at radius 3 is 3.21 bits per heavy atom. The Labute approximate surface area is 112 Å². The molecule has 5 heteroatoms. The minimum atomic E-state index is 0.634. The van der Waals surface area contributed by atoms with E-state index in [-0.39, 0.29) is 0 Å². The molecule has 1 aliphatic rings. The van der Waals surface area contributed by atoms with Gasteiger partial charge in [-0.15, -0.1) is 10.2 Å². The summed E-state index contributed by atoms with van der Waals surface area (Å²) >= 11 is 0. The largest absolute Gasteiger partial charge is 0.493 e. The lowest BCUT2D eigenvalue weighted by Gasteiger charge is -2.16. The minimum absolute atomic E-state index is 0.634. The number of benzene rings is 1. The number of fused-ring (bicyclic) bond motifs is 1.